The summed E-state index contributed by atoms with van der Waals surface area (Å²) in [6.45, 7) is 4.64. The monoisotopic (exact) mass is 264 g/mol. The predicted molar refractivity (Wildman–Crippen MR) is 75.9 cm³/mol. The Labute approximate surface area is 114 Å². The molecule has 0 aromatic heterocycles. The van der Waals surface area contributed by atoms with Gasteiger partial charge in [-0.3, -0.25) is 4.90 Å². The van der Waals surface area contributed by atoms with Crippen molar-refractivity contribution in [2.45, 2.75) is 31.8 Å². The van der Waals surface area contributed by atoms with E-state index < -0.39 is 0 Å². The van der Waals surface area contributed by atoms with E-state index >= 15 is 0 Å². The van der Waals surface area contributed by atoms with Gasteiger partial charge in [-0.05, 0) is 49.9 Å². The molecular weight excluding hydrogens is 244 g/mol. The summed E-state index contributed by atoms with van der Waals surface area (Å²) in [5.74, 6) is 0.843. The van der Waals surface area contributed by atoms with Crippen LogP contribution in [0.25, 0.3) is 0 Å². The van der Waals surface area contributed by atoms with E-state index in [1.807, 2.05) is 12.1 Å². The number of hydrogen-bond donors (Lipinski definition) is 1. The van der Waals surface area contributed by atoms with Gasteiger partial charge in [0.1, 0.15) is 0 Å². The van der Waals surface area contributed by atoms with Crippen molar-refractivity contribution in [2.24, 2.45) is 5.92 Å². The van der Waals surface area contributed by atoms with Crippen molar-refractivity contribution in [3.63, 3.8) is 0 Å². The Bertz CT molecular complexity index is 407. The zero-order valence-corrected chi connectivity index (χ0v) is 11.5. The highest BCUT2D eigenvalue weighted by Gasteiger charge is 2.30. The lowest BCUT2D eigenvalue weighted by molar-refractivity contribution is 0.109. The summed E-state index contributed by atoms with van der Waals surface area (Å²) in [6.07, 6.45) is 4.01. The van der Waals surface area contributed by atoms with E-state index in [1.54, 1.807) is 0 Å². The molecule has 2 fully saturated rings. The van der Waals surface area contributed by atoms with Gasteiger partial charge in [-0.25, -0.2) is 0 Å². The maximum absolute atomic E-state index is 6.24. The molecule has 0 bridgehead atoms. The second-order valence-corrected chi connectivity index (χ2v) is 5.99. The molecule has 2 aliphatic rings. The van der Waals surface area contributed by atoms with Crippen molar-refractivity contribution in [2.75, 3.05) is 19.6 Å². The average Bonchev–Trinajstić information content (AvgIpc) is 2.41. The third-order valence-corrected chi connectivity index (χ3v) is 4.70. The molecule has 3 rings (SSSR count). The number of likely N-dealkylation sites (tertiary alicyclic amines) is 1. The maximum Gasteiger partial charge on any atom is 0.0451 e. The molecule has 0 aliphatic carbocycles. The standard InChI is InChI=1S/C15H21ClN2/c16-14-6-2-1-4-12(14)10-18-9-7-15-13(11-18)5-3-8-17-15/h1-2,4,6,13,15,17H,3,5,7-11H2. The van der Waals surface area contributed by atoms with Crippen molar-refractivity contribution >= 4 is 11.6 Å². The Morgan fingerprint density at radius 3 is 3.06 bits per heavy atom. The summed E-state index contributed by atoms with van der Waals surface area (Å²) in [7, 11) is 0. The van der Waals surface area contributed by atoms with Gasteiger partial charge in [0.15, 0.2) is 0 Å². The molecular formula is C15H21ClN2. The van der Waals surface area contributed by atoms with Crippen LogP contribution < -0.4 is 5.32 Å². The van der Waals surface area contributed by atoms with Crippen molar-refractivity contribution in [3.8, 4) is 0 Å². The summed E-state index contributed by atoms with van der Waals surface area (Å²) in [5.41, 5.74) is 1.27. The Balaban J connectivity index is 1.63. The molecule has 0 spiro atoms. The van der Waals surface area contributed by atoms with Crippen LogP contribution in [0, 0.1) is 5.92 Å². The van der Waals surface area contributed by atoms with E-state index in [9.17, 15) is 0 Å². The van der Waals surface area contributed by atoms with E-state index in [1.165, 1.54) is 44.5 Å². The summed E-state index contributed by atoms with van der Waals surface area (Å²) >= 11 is 6.24. The van der Waals surface area contributed by atoms with Crippen molar-refractivity contribution in [1.29, 1.82) is 0 Å². The minimum absolute atomic E-state index is 0.765. The lowest BCUT2D eigenvalue weighted by Crippen LogP contribution is -2.51. The Kier molecular flexibility index (Phi) is 3.88. The van der Waals surface area contributed by atoms with Crippen LogP contribution >= 0.6 is 11.6 Å². The number of benzene rings is 1. The van der Waals surface area contributed by atoms with Gasteiger partial charge in [0.2, 0.25) is 0 Å². The number of hydrogen-bond acceptors (Lipinski definition) is 2. The molecule has 0 saturated carbocycles. The van der Waals surface area contributed by atoms with Crippen LogP contribution in [0.3, 0.4) is 0 Å². The second-order valence-electron chi connectivity index (χ2n) is 5.58. The van der Waals surface area contributed by atoms with E-state index in [-0.39, 0.29) is 0 Å². The van der Waals surface area contributed by atoms with Gasteiger partial charge in [-0.1, -0.05) is 29.8 Å². The highest BCUT2D eigenvalue weighted by Crippen LogP contribution is 2.26. The SMILES string of the molecule is Clc1ccccc1CN1CCC2NCCCC2C1. The largest absolute Gasteiger partial charge is 0.314 e. The van der Waals surface area contributed by atoms with E-state index in [0.29, 0.717) is 0 Å². The number of nitrogens with one attached hydrogen (secondary N) is 1. The van der Waals surface area contributed by atoms with Crippen molar-refractivity contribution in [1.82, 2.24) is 10.2 Å². The zero-order chi connectivity index (χ0) is 12.4. The smallest absolute Gasteiger partial charge is 0.0451 e. The Morgan fingerprint density at radius 2 is 2.17 bits per heavy atom. The molecule has 2 unspecified atom stereocenters. The first kappa shape index (κ1) is 12.5. The third kappa shape index (κ3) is 2.71. The highest BCUT2D eigenvalue weighted by atomic mass is 35.5. The number of piperidine rings is 2. The first-order valence-corrected chi connectivity index (χ1v) is 7.40. The van der Waals surface area contributed by atoms with Gasteiger partial charge in [0.25, 0.3) is 0 Å². The topological polar surface area (TPSA) is 15.3 Å². The zero-order valence-electron chi connectivity index (χ0n) is 10.7. The van der Waals surface area contributed by atoms with Gasteiger partial charge >= 0.3 is 0 Å². The number of halogens is 1. The third-order valence-electron chi connectivity index (χ3n) is 4.33. The van der Waals surface area contributed by atoms with E-state index in [2.05, 4.69) is 22.3 Å². The van der Waals surface area contributed by atoms with Gasteiger partial charge in [0, 0.05) is 24.2 Å². The van der Waals surface area contributed by atoms with Crippen LogP contribution in [0.5, 0.6) is 0 Å². The van der Waals surface area contributed by atoms with Crippen LogP contribution in [-0.4, -0.2) is 30.6 Å². The predicted octanol–water partition coefficient (Wildman–Crippen LogP) is 2.91. The minimum Gasteiger partial charge on any atom is -0.314 e. The molecule has 2 aliphatic heterocycles. The fourth-order valence-corrected chi connectivity index (χ4v) is 3.53. The van der Waals surface area contributed by atoms with Gasteiger partial charge in [-0.15, -0.1) is 0 Å². The molecule has 2 heterocycles. The quantitative estimate of drug-likeness (QED) is 0.884. The molecule has 2 atom stereocenters. The molecule has 2 nitrogen and oxygen atoms in total. The lowest BCUT2D eigenvalue weighted by Gasteiger charge is -2.41. The number of nitrogens with zero attached hydrogens (tertiary/aromatic N) is 1. The van der Waals surface area contributed by atoms with E-state index in [0.717, 1.165) is 23.5 Å². The molecule has 1 aromatic rings. The molecule has 1 N–H and O–H groups in total. The normalized spacial score (nSPS) is 28.9. The van der Waals surface area contributed by atoms with Crippen LogP contribution in [-0.2, 0) is 6.54 Å². The molecule has 3 heteroatoms. The Morgan fingerprint density at radius 1 is 1.28 bits per heavy atom. The second kappa shape index (κ2) is 5.60. The summed E-state index contributed by atoms with van der Waals surface area (Å²) in [5, 5.41) is 4.57. The van der Waals surface area contributed by atoms with Crippen LogP contribution in [0.1, 0.15) is 24.8 Å². The first-order valence-electron chi connectivity index (χ1n) is 7.02. The van der Waals surface area contributed by atoms with Gasteiger partial charge < -0.3 is 5.32 Å². The fourth-order valence-electron chi connectivity index (χ4n) is 3.33. The number of rotatable bonds is 2. The average molecular weight is 265 g/mol. The van der Waals surface area contributed by atoms with Crippen molar-refractivity contribution in [3.05, 3.63) is 34.9 Å². The number of fused-ring (bicyclic) bond motifs is 1. The Hall–Kier alpha value is -0.570. The minimum atomic E-state index is 0.765. The summed E-state index contributed by atoms with van der Waals surface area (Å²) in [6, 6.07) is 8.99. The fraction of sp³-hybridized carbons (Fsp3) is 0.600. The molecule has 2 saturated heterocycles. The molecule has 98 valence electrons. The van der Waals surface area contributed by atoms with Crippen LogP contribution in [0.4, 0.5) is 0 Å². The first-order chi connectivity index (χ1) is 8.83. The van der Waals surface area contributed by atoms with Crippen LogP contribution in [0.15, 0.2) is 24.3 Å². The summed E-state index contributed by atoms with van der Waals surface area (Å²) < 4.78 is 0. The maximum atomic E-state index is 6.24. The molecule has 0 amide bonds. The molecule has 0 radical (unpaired) electrons. The summed E-state index contributed by atoms with van der Waals surface area (Å²) in [4.78, 5) is 2.56. The van der Waals surface area contributed by atoms with Gasteiger partial charge in [0.05, 0.1) is 0 Å². The highest BCUT2D eigenvalue weighted by molar-refractivity contribution is 6.31. The van der Waals surface area contributed by atoms with Gasteiger partial charge in [-0.2, -0.15) is 0 Å². The van der Waals surface area contributed by atoms with Crippen molar-refractivity contribution < 1.29 is 0 Å². The molecule has 1 aromatic carbocycles. The molecule has 18 heavy (non-hydrogen) atoms. The van der Waals surface area contributed by atoms with E-state index in [4.69, 9.17) is 11.6 Å². The van der Waals surface area contributed by atoms with Crippen LogP contribution in [0.2, 0.25) is 5.02 Å². The lowest BCUT2D eigenvalue weighted by atomic mass is 9.85.